The lowest BCUT2D eigenvalue weighted by atomic mass is 9.97. The highest BCUT2D eigenvalue weighted by Crippen LogP contribution is 2.46. The van der Waals surface area contributed by atoms with Crippen LogP contribution in [0.1, 0.15) is 53.1 Å². The van der Waals surface area contributed by atoms with E-state index in [2.05, 4.69) is 15.7 Å². The van der Waals surface area contributed by atoms with Crippen LogP contribution in [0.25, 0.3) is 0 Å². The normalized spacial score (nSPS) is 18.7. The van der Waals surface area contributed by atoms with E-state index >= 15 is 0 Å². The number of fused-ring (bicyclic) bond motifs is 1. The number of ether oxygens (including phenoxy) is 1. The zero-order valence-corrected chi connectivity index (χ0v) is 18.6. The minimum Gasteiger partial charge on any atom is -0.497 e. The molecule has 0 spiro atoms. The summed E-state index contributed by atoms with van der Waals surface area (Å²) in [5.74, 6) is -0.0953. The molecule has 2 N–H and O–H groups in total. The minimum absolute atomic E-state index is 0.0384. The zero-order chi connectivity index (χ0) is 23.8. The predicted molar refractivity (Wildman–Crippen MR) is 119 cm³/mol. The Kier molecular flexibility index (Phi) is 6.25. The Balaban J connectivity index is 1.65. The van der Waals surface area contributed by atoms with Gasteiger partial charge in [0.2, 0.25) is 0 Å². The summed E-state index contributed by atoms with van der Waals surface area (Å²) in [6, 6.07) is 12.9. The molecule has 6 nitrogen and oxygen atoms in total. The average Bonchev–Trinajstić information content (AvgIpc) is 3.15. The molecule has 10 heteroatoms. The minimum atomic E-state index is -4.58. The van der Waals surface area contributed by atoms with Gasteiger partial charge in [0.15, 0.2) is 11.7 Å². The van der Waals surface area contributed by atoms with Crippen LogP contribution in [0.5, 0.6) is 5.75 Å². The van der Waals surface area contributed by atoms with Gasteiger partial charge in [0, 0.05) is 6.42 Å². The quantitative estimate of drug-likeness (QED) is 0.494. The topological polar surface area (TPSA) is 68.2 Å². The number of hydrogen-bond acceptors (Lipinski definition) is 4. The summed E-state index contributed by atoms with van der Waals surface area (Å²) in [4.78, 5) is 12.9. The molecular weight excluding hydrogens is 457 g/mol. The fourth-order valence-electron chi connectivity index (χ4n) is 3.88. The molecule has 0 aliphatic carbocycles. The Morgan fingerprint density at radius 1 is 1.21 bits per heavy atom. The lowest BCUT2D eigenvalue weighted by molar-refractivity contribution is -0.173. The van der Waals surface area contributed by atoms with Crippen molar-refractivity contribution < 1.29 is 22.7 Å². The molecule has 4 rings (SSSR count). The third kappa shape index (κ3) is 4.64. The van der Waals surface area contributed by atoms with Gasteiger partial charge in [-0.25, -0.2) is 4.68 Å². The molecule has 0 saturated heterocycles. The van der Waals surface area contributed by atoms with Gasteiger partial charge in [0.05, 0.1) is 19.2 Å². The number of methoxy groups -OCH3 is 1. The van der Waals surface area contributed by atoms with Gasteiger partial charge in [0.25, 0.3) is 5.91 Å². The number of anilines is 1. The lowest BCUT2D eigenvalue weighted by Gasteiger charge is -2.33. The van der Waals surface area contributed by atoms with Gasteiger partial charge in [-0.3, -0.25) is 4.79 Å². The van der Waals surface area contributed by atoms with Gasteiger partial charge in [0.1, 0.15) is 16.6 Å². The number of alkyl halides is 3. The van der Waals surface area contributed by atoms with E-state index in [9.17, 15) is 18.0 Å². The van der Waals surface area contributed by atoms with Gasteiger partial charge in [-0.1, -0.05) is 54.1 Å². The van der Waals surface area contributed by atoms with Gasteiger partial charge in [-0.2, -0.15) is 18.3 Å². The summed E-state index contributed by atoms with van der Waals surface area (Å²) in [6.07, 6.45) is -4.88. The monoisotopic (exact) mass is 478 g/mol. The number of amides is 1. The summed E-state index contributed by atoms with van der Waals surface area (Å²) in [5, 5.41) is 9.60. The summed E-state index contributed by atoms with van der Waals surface area (Å²) < 4.78 is 47.7. The number of aromatic nitrogens is 2. The number of hydrogen-bond donors (Lipinski definition) is 2. The number of nitrogens with one attached hydrogen (secondary N) is 2. The first-order valence-electron chi connectivity index (χ1n) is 10.3. The highest BCUT2D eigenvalue weighted by molar-refractivity contribution is 6.36. The maximum Gasteiger partial charge on any atom is 0.410 e. The molecule has 0 bridgehead atoms. The third-order valence-electron chi connectivity index (χ3n) is 5.68. The van der Waals surface area contributed by atoms with Crippen molar-refractivity contribution in [3.05, 3.63) is 76.4 Å². The number of carbonyl (C=O) groups excluding carboxylic acids is 1. The Morgan fingerprint density at radius 2 is 1.88 bits per heavy atom. The van der Waals surface area contributed by atoms with Crippen LogP contribution in [-0.4, -0.2) is 29.0 Å². The summed E-state index contributed by atoms with van der Waals surface area (Å²) in [5.41, 5.74) is 1.22. The van der Waals surface area contributed by atoms with E-state index in [0.29, 0.717) is 11.3 Å². The first-order valence-corrected chi connectivity index (χ1v) is 10.7. The number of carbonyl (C=O) groups is 1. The summed E-state index contributed by atoms with van der Waals surface area (Å²) >= 11 is 6.39. The molecule has 1 aliphatic rings. The van der Waals surface area contributed by atoms with Crippen molar-refractivity contribution in [3.8, 4) is 5.75 Å². The van der Waals surface area contributed by atoms with Crippen molar-refractivity contribution in [2.75, 3.05) is 12.4 Å². The van der Waals surface area contributed by atoms with E-state index in [-0.39, 0.29) is 29.0 Å². The van der Waals surface area contributed by atoms with E-state index in [4.69, 9.17) is 16.3 Å². The van der Waals surface area contributed by atoms with Crippen molar-refractivity contribution in [3.63, 3.8) is 0 Å². The third-order valence-corrected chi connectivity index (χ3v) is 6.03. The van der Waals surface area contributed by atoms with Crippen LogP contribution < -0.4 is 15.4 Å². The highest BCUT2D eigenvalue weighted by atomic mass is 35.5. The molecule has 0 saturated carbocycles. The highest BCUT2D eigenvalue weighted by Gasteiger charge is 2.47. The van der Waals surface area contributed by atoms with Crippen molar-refractivity contribution in [2.45, 2.75) is 37.6 Å². The van der Waals surface area contributed by atoms with Gasteiger partial charge in [-0.15, -0.1) is 0 Å². The smallest absolute Gasteiger partial charge is 0.410 e. The first kappa shape index (κ1) is 23.0. The first-order chi connectivity index (χ1) is 15.7. The number of benzene rings is 2. The van der Waals surface area contributed by atoms with Crippen LogP contribution in [0.4, 0.5) is 19.0 Å². The SMILES string of the molecule is COc1ccc([C@@H]2C[C@@H](C(F)(F)F)n3nc(C(=O)N[C@@H](C)c4ccccc4)c(Cl)c3N2)cc1. The Labute approximate surface area is 193 Å². The van der Waals surface area contributed by atoms with Crippen LogP contribution in [0, 0.1) is 0 Å². The Bertz CT molecular complexity index is 1130. The second kappa shape index (κ2) is 8.97. The van der Waals surface area contributed by atoms with Gasteiger partial charge >= 0.3 is 6.18 Å². The molecule has 0 unspecified atom stereocenters. The maximum atomic E-state index is 13.9. The van der Waals surface area contributed by atoms with Crippen molar-refractivity contribution in [2.24, 2.45) is 0 Å². The molecule has 3 aromatic rings. The van der Waals surface area contributed by atoms with Crippen LogP contribution in [-0.2, 0) is 0 Å². The molecule has 174 valence electrons. The van der Waals surface area contributed by atoms with Gasteiger partial charge < -0.3 is 15.4 Å². The fraction of sp³-hybridized carbons (Fsp3) is 0.304. The summed E-state index contributed by atoms with van der Waals surface area (Å²) in [6.45, 7) is 1.77. The number of halogens is 4. The maximum absolute atomic E-state index is 13.9. The molecule has 33 heavy (non-hydrogen) atoms. The van der Waals surface area contributed by atoms with Crippen LogP contribution in [0.2, 0.25) is 5.02 Å². The molecule has 0 fully saturated rings. The average molecular weight is 479 g/mol. The van der Waals surface area contributed by atoms with E-state index < -0.39 is 24.2 Å². The standard InChI is InChI=1S/C23H22ClF3N4O2/c1-13(14-6-4-3-5-7-14)28-22(32)20-19(24)21-29-17(15-8-10-16(33-2)11-9-15)12-18(23(25,26)27)31(21)30-20/h3-11,13,17-18,29H,12H2,1-2H3,(H,28,32)/t13-,17-,18-/m0/s1. The van der Waals surface area contributed by atoms with Gasteiger partial charge in [-0.05, 0) is 30.2 Å². The molecule has 0 radical (unpaired) electrons. The zero-order valence-electron chi connectivity index (χ0n) is 17.9. The Hall–Kier alpha value is -3.20. The molecule has 1 amide bonds. The lowest BCUT2D eigenvalue weighted by Crippen LogP contribution is -2.36. The van der Waals surface area contributed by atoms with Crippen molar-refractivity contribution >= 4 is 23.3 Å². The molecule has 1 aliphatic heterocycles. The van der Waals surface area contributed by atoms with E-state index in [1.807, 2.05) is 30.3 Å². The second-order valence-corrected chi connectivity index (χ2v) is 8.20. The molecule has 3 atom stereocenters. The molecule has 2 aromatic carbocycles. The van der Waals surface area contributed by atoms with E-state index in [1.165, 1.54) is 7.11 Å². The Morgan fingerprint density at radius 3 is 2.48 bits per heavy atom. The van der Waals surface area contributed by atoms with Crippen LogP contribution >= 0.6 is 11.6 Å². The predicted octanol–water partition coefficient (Wildman–Crippen LogP) is 5.70. The second-order valence-electron chi connectivity index (χ2n) is 7.82. The number of rotatable bonds is 5. The van der Waals surface area contributed by atoms with E-state index in [1.54, 1.807) is 31.2 Å². The van der Waals surface area contributed by atoms with E-state index in [0.717, 1.165) is 10.2 Å². The fourth-order valence-corrected chi connectivity index (χ4v) is 4.14. The summed E-state index contributed by atoms with van der Waals surface area (Å²) in [7, 11) is 1.51. The van der Waals surface area contributed by atoms with Crippen LogP contribution in [0.3, 0.4) is 0 Å². The van der Waals surface area contributed by atoms with Crippen molar-refractivity contribution in [1.82, 2.24) is 15.1 Å². The molecule has 2 heterocycles. The number of nitrogens with zero attached hydrogens (tertiary/aromatic N) is 2. The molecule has 1 aromatic heterocycles. The van der Waals surface area contributed by atoms with Crippen molar-refractivity contribution in [1.29, 1.82) is 0 Å². The largest absolute Gasteiger partial charge is 0.497 e. The molecular formula is C23H22ClF3N4O2. The van der Waals surface area contributed by atoms with Crippen LogP contribution in [0.15, 0.2) is 54.6 Å².